The van der Waals surface area contributed by atoms with E-state index in [1.165, 1.54) is 16.7 Å². The monoisotopic (exact) mass is 353 g/mol. The smallest absolute Gasteiger partial charge is 0.296 e. The van der Waals surface area contributed by atoms with Crippen LogP contribution in [0.15, 0.2) is 23.1 Å². The van der Waals surface area contributed by atoms with Crippen LogP contribution >= 0.6 is 35.6 Å². The first-order chi connectivity index (χ1) is 10.4. The Morgan fingerprint density at radius 2 is 1.95 bits per heavy atom. The van der Waals surface area contributed by atoms with E-state index in [-0.39, 0.29) is 17.8 Å². The van der Waals surface area contributed by atoms with E-state index in [0.717, 1.165) is 11.1 Å². The molecule has 0 atom stereocenters. The van der Waals surface area contributed by atoms with E-state index >= 15 is 0 Å². The average molecular weight is 354 g/mol. The number of halogens is 1. The standard InChI is InChI=1S/C13H8ClNO2S2.CO2/c1-15-12(17)11(19-13(15)18)10-8-5-7(14)3-2-6(8)4-9(10)16;2-1-3/h2-3,5H,4H2,1H3;/b11-10-;. The molecule has 0 radical (unpaired) electrons. The summed E-state index contributed by atoms with van der Waals surface area (Å²) in [5.74, 6) is -0.266. The van der Waals surface area contributed by atoms with Crippen LogP contribution < -0.4 is 0 Å². The number of hydrogen-bond donors (Lipinski definition) is 0. The van der Waals surface area contributed by atoms with Gasteiger partial charge in [-0.05, 0) is 23.3 Å². The van der Waals surface area contributed by atoms with Crippen LogP contribution in [-0.4, -0.2) is 34.1 Å². The van der Waals surface area contributed by atoms with Crippen LogP contribution in [0.2, 0.25) is 5.02 Å². The molecule has 0 saturated carbocycles. The topological polar surface area (TPSA) is 71.5 Å². The summed E-state index contributed by atoms with van der Waals surface area (Å²) in [6.45, 7) is 0. The number of allylic oxidation sites excluding steroid dienone is 1. The summed E-state index contributed by atoms with van der Waals surface area (Å²) < 4.78 is 0.468. The number of ketones is 1. The zero-order valence-electron chi connectivity index (χ0n) is 11.2. The highest BCUT2D eigenvalue weighted by Crippen LogP contribution is 2.41. The lowest BCUT2D eigenvalue weighted by Gasteiger charge is -2.05. The van der Waals surface area contributed by atoms with Crippen molar-refractivity contribution in [3.05, 3.63) is 39.3 Å². The maximum atomic E-state index is 12.2. The van der Waals surface area contributed by atoms with Crippen molar-refractivity contribution in [1.82, 2.24) is 4.90 Å². The molecule has 1 amide bonds. The Morgan fingerprint density at radius 3 is 2.50 bits per heavy atom. The Hall–Kier alpha value is -1.79. The largest absolute Gasteiger partial charge is 0.373 e. The number of amides is 1. The van der Waals surface area contributed by atoms with Gasteiger partial charge in [0.15, 0.2) is 5.78 Å². The lowest BCUT2D eigenvalue weighted by molar-refractivity contribution is -0.191. The molecule has 1 aromatic carbocycles. The van der Waals surface area contributed by atoms with Gasteiger partial charge in [0.2, 0.25) is 0 Å². The zero-order chi connectivity index (χ0) is 16.4. The Balaban J connectivity index is 0.000000545. The fourth-order valence-electron chi connectivity index (χ4n) is 2.19. The van der Waals surface area contributed by atoms with Crippen molar-refractivity contribution in [2.24, 2.45) is 0 Å². The van der Waals surface area contributed by atoms with E-state index in [0.29, 0.717) is 26.2 Å². The molecule has 1 aromatic rings. The molecule has 1 saturated heterocycles. The van der Waals surface area contributed by atoms with E-state index in [1.54, 1.807) is 19.2 Å². The van der Waals surface area contributed by atoms with Crippen molar-refractivity contribution in [2.45, 2.75) is 6.42 Å². The van der Waals surface area contributed by atoms with Gasteiger partial charge in [-0.3, -0.25) is 14.5 Å². The first-order valence-electron chi connectivity index (χ1n) is 5.96. The molecule has 1 aliphatic heterocycles. The number of rotatable bonds is 0. The molecule has 8 heteroatoms. The number of thioether (sulfide) groups is 1. The lowest BCUT2D eigenvalue weighted by atomic mass is 10.1. The van der Waals surface area contributed by atoms with Gasteiger partial charge in [0, 0.05) is 24.1 Å². The summed E-state index contributed by atoms with van der Waals surface area (Å²) in [6.07, 6.45) is 0.565. The molecule has 2 aliphatic rings. The zero-order valence-corrected chi connectivity index (χ0v) is 13.6. The van der Waals surface area contributed by atoms with Crippen molar-refractivity contribution >= 4 is 63.3 Å². The number of thiocarbonyl (C=S) groups is 1. The molecule has 1 heterocycles. The minimum atomic E-state index is -0.217. The second kappa shape index (κ2) is 6.54. The first kappa shape index (κ1) is 16.6. The van der Waals surface area contributed by atoms with Gasteiger partial charge in [0.05, 0.1) is 4.91 Å². The number of fused-ring (bicyclic) bond motifs is 1. The number of hydrogen-bond acceptors (Lipinski definition) is 6. The minimum absolute atomic E-state index is 0.0498. The Morgan fingerprint density at radius 1 is 1.32 bits per heavy atom. The molecule has 3 rings (SSSR count). The summed E-state index contributed by atoms with van der Waals surface area (Å²) in [5.41, 5.74) is 2.12. The third-order valence-electron chi connectivity index (χ3n) is 3.16. The third-order valence-corrected chi connectivity index (χ3v) is 4.95. The molecule has 1 aliphatic carbocycles. The van der Waals surface area contributed by atoms with Gasteiger partial charge in [-0.15, -0.1) is 0 Å². The second-order valence-corrected chi connectivity index (χ2v) is 6.50. The highest BCUT2D eigenvalue weighted by atomic mass is 35.5. The molecule has 1 fully saturated rings. The molecular formula is C14H8ClNO4S2. The van der Waals surface area contributed by atoms with E-state index in [9.17, 15) is 9.59 Å². The van der Waals surface area contributed by atoms with Crippen molar-refractivity contribution in [1.29, 1.82) is 0 Å². The van der Waals surface area contributed by atoms with Crippen molar-refractivity contribution in [3.63, 3.8) is 0 Å². The fourth-order valence-corrected chi connectivity index (χ4v) is 3.64. The molecule has 0 bridgehead atoms. The van der Waals surface area contributed by atoms with E-state index in [1.807, 2.05) is 6.07 Å². The van der Waals surface area contributed by atoms with Crippen LogP contribution in [0.1, 0.15) is 11.1 Å². The van der Waals surface area contributed by atoms with Crippen LogP contribution in [-0.2, 0) is 25.6 Å². The summed E-state index contributed by atoms with van der Waals surface area (Å²) in [4.78, 5) is 42.3. The lowest BCUT2D eigenvalue weighted by Crippen LogP contribution is -2.22. The molecule has 112 valence electrons. The molecule has 0 aromatic heterocycles. The normalized spacial score (nSPS) is 19.7. The quantitative estimate of drug-likeness (QED) is 0.525. The SMILES string of the molecule is CN1C(=O)/C(=C2/C(=O)Cc3ccc(Cl)cc32)SC1=S.O=C=O. The minimum Gasteiger partial charge on any atom is -0.296 e. The van der Waals surface area contributed by atoms with Crippen molar-refractivity contribution < 1.29 is 19.2 Å². The van der Waals surface area contributed by atoms with Gasteiger partial charge in [-0.25, -0.2) is 0 Å². The molecule has 0 spiro atoms. The van der Waals surface area contributed by atoms with Gasteiger partial charge in [-0.1, -0.05) is 41.6 Å². The average Bonchev–Trinajstić information content (AvgIpc) is 2.90. The van der Waals surface area contributed by atoms with Crippen LogP contribution in [0.3, 0.4) is 0 Å². The van der Waals surface area contributed by atoms with Gasteiger partial charge in [-0.2, -0.15) is 9.59 Å². The molecular weight excluding hydrogens is 346 g/mol. The molecule has 5 nitrogen and oxygen atoms in total. The number of likely N-dealkylation sites (N-methyl/N-ethyl adjacent to an activating group) is 1. The van der Waals surface area contributed by atoms with Gasteiger partial charge in [0.25, 0.3) is 5.91 Å². The number of benzene rings is 1. The van der Waals surface area contributed by atoms with Crippen molar-refractivity contribution in [3.8, 4) is 0 Å². The predicted molar refractivity (Wildman–Crippen MR) is 85.0 cm³/mol. The van der Waals surface area contributed by atoms with Crippen molar-refractivity contribution in [2.75, 3.05) is 7.05 Å². The Labute approximate surface area is 140 Å². The van der Waals surface area contributed by atoms with E-state index in [4.69, 9.17) is 33.4 Å². The highest BCUT2D eigenvalue weighted by Gasteiger charge is 2.37. The summed E-state index contributed by atoms with van der Waals surface area (Å²) in [5, 5.41) is 0.554. The van der Waals surface area contributed by atoms with E-state index in [2.05, 4.69) is 0 Å². The van der Waals surface area contributed by atoms with Crippen LogP contribution in [0.25, 0.3) is 5.57 Å². The second-order valence-electron chi connectivity index (χ2n) is 4.42. The van der Waals surface area contributed by atoms with Gasteiger partial charge in [0.1, 0.15) is 4.32 Å². The summed E-state index contributed by atoms with van der Waals surface area (Å²) in [6, 6.07) is 5.32. The van der Waals surface area contributed by atoms with Gasteiger partial charge < -0.3 is 0 Å². The maximum Gasteiger partial charge on any atom is 0.373 e. The molecule has 0 N–H and O–H groups in total. The third kappa shape index (κ3) is 2.89. The maximum absolute atomic E-state index is 12.2. The summed E-state index contributed by atoms with van der Waals surface area (Å²) in [7, 11) is 1.61. The molecule has 0 unspecified atom stereocenters. The Bertz CT molecular complexity index is 766. The van der Waals surface area contributed by atoms with Gasteiger partial charge >= 0.3 is 6.15 Å². The number of carbonyl (C=O) groups excluding carboxylic acids is 4. The van der Waals surface area contributed by atoms with Crippen LogP contribution in [0.4, 0.5) is 0 Å². The first-order valence-corrected chi connectivity index (χ1v) is 7.56. The van der Waals surface area contributed by atoms with Crippen LogP contribution in [0.5, 0.6) is 0 Å². The summed E-state index contributed by atoms with van der Waals surface area (Å²) >= 11 is 12.2. The van der Waals surface area contributed by atoms with Crippen LogP contribution in [0, 0.1) is 0 Å². The van der Waals surface area contributed by atoms with E-state index < -0.39 is 0 Å². The Kier molecular flexibility index (Phi) is 4.93. The number of nitrogens with zero attached hydrogens (tertiary/aromatic N) is 1. The fraction of sp³-hybridized carbons (Fsp3) is 0.143. The molecule has 22 heavy (non-hydrogen) atoms. The highest BCUT2D eigenvalue weighted by molar-refractivity contribution is 8.26. The predicted octanol–water partition coefficient (Wildman–Crippen LogP) is 2.08. The number of Topliss-reactive ketones (excluding diaryl/α,β-unsaturated/α-hetero) is 1. The number of carbonyl (C=O) groups is 2.